The monoisotopic (exact) mass is 492 g/mol. The predicted octanol–water partition coefficient (Wildman–Crippen LogP) is 4.71. The van der Waals surface area contributed by atoms with Gasteiger partial charge in [-0.2, -0.15) is 0 Å². The lowest BCUT2D eigenvalue weighted by Gasteiger charge is -2.34. The van der Waals surface area contributed by atoms with Crippen molar-refractivity contribution < 1.29 is 28.7 Å². The van der Waals surface area contributed by atoms with Crippen molar-refractivity contribution in [2.45, 2.75) is 45.6 Å². The summed E-state index contributed by atoms with van der Waals surface area (Å²) in [7, 11) is 1.52. The molecule has 0 saturated heterocycles. The molecule has 4 rings (SSSR count). The van der Waals surface area contributed by atoms with Gasteiger partial charge in [-0.15, -0.1) is 0 Å². The average molecular weight is 493 g/mol. The number of benzene rings is 2. The van der Waals surface area contributed by atoms with Crippen molar-refractivity contribution in [2.24, 2.45) is 0 Å². The molecule has 0 spiro atoms. The number of nitro groups is 1. The number of nitro benzene ring substituents is 1. The van der Waals surface area contributed by atoms with Gasteiger partial charge in [0.05, 0.1) is 24.2 Å². The summed E-state index contributed by atoms with van der Waals surface area (Å²) in [6.45, 7) is 3.97. The molecule has 2 aromatic carbocycles. The molecule has 0 aromatic heterocycles. The van der Waals surface area contributed by atoms with Crippen LogP contribution >= 0.6 is 0 Å². The number of carbonyl (C=O) groups is 2. The Morgan fingerprint density at radius 2 is 1.89 bits per heavy atom. The largest absolute Gasteiger partial charge is 0.493 e. The Morgan fingerprint density at radius 1 is 1.14 bits per heavy atom. The Labute approximate surface area is 208 Å². The molecule has 9 nitrogen and oxygen atoms in total. The number of carbonyl (C=O) groups excluding carboxylic acids is 2. The fraction of sp³-hybridized carbons (Fsp3) is 0.333. The van der Waals surface area contributed by atoms with Gasteiger partial charge in [-0.3, -0.25) is 14.9 Å². The minimum atomic E-state index is -0.578. The fourth-order valence-corrected chi connectivity index (χ4v) is 4.65. The van der Waals surface area contributed by atoms with Crippen molar-refractivity contribution in [3.63, 3.8) is 0 Å². The summed E-state index contributed by atoms with van der Waals surface area (Å²) in [5.74, 6) is -0.114. The highest BCUT2D eigenvalue weighted by Crippen LogP contribution is 2.44. The second-order valence-electron chi connectivity index (χ2n) is 8.61. The smallest absolute Gasteiger partial charge is 0.336 e. The maximum atomic E-state index is 13.0. The van der Waals surface area contributed by atoms with Gasteiger partial charge in [-0.1, -0.05) is 6.07 Å². The van der Waals surface area contributed by atoms with E-state index in [0.29, 0.717) is 34.8 Å². The number of methoxy groups -OCH3 is 1. The van der Waals surface area contributed by atoms with Crippen molar-refractivity contribution >= 4 is 17.4 Å². The number of ketones is 1. The van der Waals surface area contributed by atoms with Gasteiger partial charge in [0.2, 0.25) is 0 Å². The van der Waals surface area contributed by atoms with Gasteiger partial charge in [0.15, 0.2) is 17.3 Å². The van der Waals surface area contributed by atoms with E-state index in [4.69, 9.17) is 14.2 Å². The minimum Gasteiger partial charge on any atom is -0.493 e. The van der Waals surface area contributed by atoms with Crippen molar-refractivity contribution in [1.82, 2.24) is 5.32 Å². The topological polar surface area (TPSA) is 117 Å². The van der Waals surface area contributed by atoms with Gasteiger partial charge in [0, 0.05) is 41.4 Å². The zero-order valence-corrected chi connectivity index (χ0v) is 20.5. The highest BCUT2D eigenvalue weighted by atomic mass is 16.6. The molecule has 1 heterocycles. The average Bonchev–Trinajstić information content (AvgIpc) is 2.87. The van der Waals surface area contributed by atoms with Gasteiger partial charge >= 0.3 is 5.97 Å². The lowest BCUT2D eigenvalue weighted by Crippen LogP contribution is -2.34. The highest BCUT2D eigenvalue weighted by Gasteiger charge is 2.39. The SMILES string of the molecule is CCOC(=O)C1=C(C)NC2=C(C(=O)CCC2)[C@H]1c1ccc(OCc2ccc([N+](=O)[O-])cc2)c(OC)c1. The number of allylic oxidation sites excluding steroid dienone is 3. The van der Waals surface area contributed by atoms with Crippen LogP contribution < -0.4 is 14.8 Å². The molecule has 0 bridgehead atoms. The number of Topliss-reactive ketones (excluding diaryl/α,β-unsaturated/α-hetero) is 1. The first-order valence-electron chi connectivity index (χ1n) is 11.8. The van der Waals surface area contributed by atoms with Crippen LogP contribution in [0.15, 0.2) is 65.0 Å². The maximum Gasteiger partial charge on any atom is 0.336 e. The molecule has 0 radical (unpaired) electrons. The van der Waals surface area contributed by atoms with Crippen LogP contribution in [-0.2, 0) is 20.9 Å². The van der Waals surface area contributed by atoms with E-state index in [1.165, 1.54) is 19.2 Å². The van der Waals surface area contributed by atoms with Gasteiger partial charge in [-0.05, 0) is 62.1 Å². The Balaban J connectivity index is 1.67. The van der Waals surface area contributed by atoms with Crippen LogP contribution in [0.1, 0.15) is 50.2 Å². The molecule has 2 aliphatic rings. The molecule has 0 amide bonds. The number of nitrogens with one attached hydrogen (secondary N) is 1. The van der Waals surface area contributed by atoms with E-state index in [1.54, 1.807) is 31.2 Å². The number of hydrogen-bond acceptors (Lipinski definition) is 8. The third kappa shape index (κ3) is 4.95. The van der Waals surface area contributed by atoms with E-state index in [2.05, 4.69) is 5.32 Å². The van der Waals surface area contributed by atoms with Crippen LogP contribution in [0.4, 0.5) is 5.69 Å². The van der Waals surface area contributed by atoms with Crippen LogP contribution in [0.3, 0.4) is 0 Å². The Bertz CT molecular complexity index is 1260. The summed E-state index contributed by atoms with van der Waals surface area (Å²) < 4.78 is 16.9. The maximum absolute atomic E-state index is 13.0. The lowest BCUT2D eigenvalue weighted by molar-refractivity contribution is -0.384. The first-order chi connectivity index (χ1) is 17.3. The molecule has 188 valence electrons. The summed E-state index contributed by atoms with van der Waals surface area (Å²) >= 11 is 0. The minimum absolute atomic E-state index is 0.00865. The summed E-state index contributed by atoms with van der Waals surface area (Å²) in [4.78, 5) is 36.4. The Morgan fingerprint density at radius 3 is 2.56 bits per heavy atom. The number of rotatable bonds is 8. The molecule has 1 N–H and O–H groups in total. The zero-order chi connectivity index (χ0) is 25.8. The molecule has 0 fully saturated rings. The first kappa shape index (κ1) is 25.0. The van der Waals surface area contributed by atoms with E-state index >= 15 is 0 Å². The van der Waals surface area contributed by atoms with Crippen molar-refractivity contribution in [3.05, 3.63) is 86.2 Å². The van der Waals surface area contributed by atoms with E-state index in [-0.39, 0.29) is 24.7 Å². The molecule has 1 atom stereocenters. The molecule has 0 unspecified atom stereocenters. The fourth-order valence-electron chi connectivity index (χ4n) is 4.65. The number of hydrogen-bond donors (Lipinski definition) is 1. The molecule has 0 saturated carbocycles. The van der Waals surface area contributed by atoms with Gasteiger partial charge in [0.25, 0.3) is 5.69 Å². The number of esters is 1. The second kappa shape index (κ2) is 10.6. The molecule has 1 aliphatic carbocycles. The number of ether oxygens (including phenoxy) is 3. The van der Waals surface area contributed by atoms with E-state index in [1.807, 2.05) is 13.0 Å². The number of non-ortho nitro benzene ring substituents is 1. The van der Waals surface area contributed by atoms with Gasteiger partial charge in [0.1, 0.15) is 6.61 Å². The lowest BCUT2D eigenvalue weighted by atomic mass is 9.75. The standard InChI is InChI=1S/C27H28N2O7/c1-4-35-27(31)24-16(2)28-20-6-5-7-21(30)26(20)25(24)18-10-13-22(23(14-18)34-3)36-15-17-8-11-19(12-9-17)29(32)33/h8-14,25,28H,4-7,15H2,1-3H3/t25-/m0/s1. The molecule has 2 aromatic rings. The second-order valence-corrected chi connectivity index (χ2v) is 8.61. The summed E-state index contributed by atoms with van der Waals surface area (Å²) in [5, 5.41) is 14.1. The van der Waals surface area contributed by atoms with Crippen LogP contribution in [0.5, 0.6) is 11.5 Å². The number of nitrogens with zero attached hydrogens (tertiary/aromatic N) is 1. The normalized spacial score (nSPS) is 17.3. The van der Waals surface area contributed by atoms with Crippen LogP contribution in [0.25, 0.3) is 0 Å². The molecule has 1 aliphatic heterocycles. The molecular formula is C27H28N2O7. The quantitative estimate of drug-likeness (QED) is 0.320. The summed E-state index contributed by atoms with van der Waals surface area (Å²) in [6.07, 6.45) is 1.93. The van der Waals surface area contributed by atoms with E-state index < -0.39 is 16.8 Å². The highest BCUT2D eigenvalue weighted by molar-refractivity contribution is 6.03. The van der Waals surface area contributed by atoms with Crippen molar-refractivity contribution in [2.75, 3.05) is 13.7 Å². The molecule has 9 heteroatoms. The zero-order valence-electron chi connectivity index (χ0n) is 20.5. The molecule has 36 heavy (non-hydrogen) atoms. The summed E-state index contributed by atoms with van der Waals surface area (Å²) in [5.41, 5.74) is 4.01. The summed E-state index contributed by atoms with van der Waals surface area (Å²) in [6, 6.07) is 11.5. The Kier molecular flexibility index (Phi) is 7.38. The molecular weight excluding hydrogens is 464 g/mol. The van der Waals surface area contributed by atoms with Crippen molar-refractivity contribution in [1.29, 1.82) is 0 Å². The van der Waals surface area contributed by atoms with Crippen LogP contribution in [0.2, 0.25) is 0 Å². The third-order valence-electron chi connectivity index (χ3n) is 6.33. The first-order valence-corrected chi connectivity index (χ1v) is 11.8. The van der Waals surface area contributed by atoms with E-state index in [0.717, 1.165) is 29.7 Å². The van der Waals surface area contributed by atoms with Crippen LogP contribution in [-0.4, -0.2) is 30.4 Å². The van der Waals surface area contributed by atoms with Gasteiger partial charge < -0.3 is 19.5 Å². The van der Waals surface area contributed by atoms with Crippen molar-refractivity contribution in [3.8, 4) is 11.5 Å². The van der Waals surface area contributed by atoms with Crippen LogP contribution in [0, 0.1) is 10.1 Å². The predicted molar refractivity (Wildman–Crippen MR) is 132 cm³/mol. The van der Waals surface area contributed by atoms with E-state index in [9.17, 15) is 19.7 Å². The third-order valence-corrected chi connectivity index (χ3v) is 6.33. The Hall–Kier alpha value is -4.14. The van der Waals surface area contributed by atoms with Gasteiger partial charge in [-0.25, -0.2) is 4.79 Å². The number of dihydropyridines is 1.